The van der Waals surface area contributed by atoms with Crippen LogP contribution in [-0.4, -0.2) is 25.8 Å². The first-order chi connectivity index (χ1) is 12.4. The molecule has 26 heavy (non-hydrogen) atoms. The minimum absolute atomic E-state index is 0.134. The highest BCUT2D eigenvalue weighted by Gasteiger charge is 2.23. The Hall–Kier alpha value is -2.57. The molecule has 0 aliphatic carbocycles. The fourth-order valence-electron chi connectivity index (χ4n) is 2.28. The molecule has 0 aliphatic rings. The Balaban J connectivity index is 2.26. The van der Waals surface area contributed by atoms with E-state index in [9.17, 15) is 8.42 Å². The molecule has 2 rings (SSSR count). The van der Waals surface area contributed by atoms with E-state index in [1.807, 2.05) is 44.2 Å². The normalized spacial score (nSPS) is 10.7. The zero-order valence-electron chi connectivity index (χ0n) is 15.2. The lowest BCUT2D eigenvalue weighted by molar-refractivity contribution is 0.449. The Morgan fingerprint density at radius 3 is 2.35 bits per heavy atom. The van der Waals surface area contributed by atoms with Crippen LogP contribution in [0.25, 0.3) is 0 Å². The second-order valence-electron chi connectivity index (χ2n) is 6.03. The monoisotopic (exact) mass is 365 g/mol. The van der Waals surface area contributed by atoms with Gasteiger partial charge in [0.15, 0.2) is 0 Å². The third-order valence-electron chi connectivity index (χ3n) is 3.96. The van der Waals surface area contributed by atoms with E-state index < -0.39 is 10.0 Å². The van der Waals surface area contributed by atoms with Crippen LogP contribution in [-0.2, 0) is 10.0 Å². The van der Waals surface area contributed by atoms with Crippen molar-refractivity contribution in [2.24, 2.45) is 0 Å². The summed E-state index contributed by atoms with van der Waals surface area (Å²) in [5.41, 5.74) is 5.61. The van der Waals surface area contributed by atoms with Gasteiger partial charge in [-0.1, -0.05) is 54.3 Å². The third kappa shape index (κ3) is 5.47. The van der Waals surface area contributed by atoms with Gasteiger partial charge >= 0.3 is 0 Å². The van der Waals surface area contributed by atoms with Gasteiger partial charge in [0.05, 0.1) is 11.4 Å². The van der Waals surface area contributed by atoms with Crippen molar-refractivity contribution >= 4 is 10.0 Å². The van der Waals surface area contributed by atoms with Gasteiger partial charge < -0.3 is 0 Å². The molecule has 0 spiro atoms. The predicted octanol–water partition coefficient (Wildman–Crippen LogP) is 4.16. The summed E-state index contributed by atoms with van der Waals surface area (Å²) in [5, 5.41) is 0. The zero-order valence-corrected chi connectivity index (χ0v) is 16.0. The van der Waals surface area contributed by atoms with Crippen molar-refractivity contribution in [1.29, 1.82) is 0 Å². The maximum Gasteiger partial charge on any atom is 0.243 e. The predicted molar refractivity (Wildman–Crippen MR) is 106 cm³/mol. The minimum atomic E-state index is -3.61. The SMILES string of the molecule is C=C=C(C)CCN(CC#Cc1ccccc1)S(=O)(=O)c1ccc(C)cc1. The molecule has 0 saturated carbocycles. The smallest absolute Gasteiger partial charge is 0.207 e. The Labute approximate surface area is 156 Å². The van der Waals surface area contributed by atoms with Crippen LogP contribution in [0.5, 0.6) is 0 Å². The number of rotatable bonds is 6. The summed E-state index contributed by atoms with van der Waals surface area (Å²) in [6.07, 6.45) is 0.571. The van der Waals surface area contributed by atoms with E-state index in [0.29, 0.717) is 13.0 Å². The number of hydrogen-bond acceptors (Lipinski definition) is 2. The van der Waals surface area contributed by atoms with Gasteiger partial charge in [-0.15, -0.1) is 5.73 Å². The van der Waals surface area contributed by atoms with E-state index in [1.54, 1.807) is 24.3 Å². The average molecular weight is 365 g/mol. The second kappa shape index (κ2) is 9.22. The molecule has 0 heterocycles. The molecule has 0 saturated heterocycles. The van der Waals surface area contributed by atoms with Gasteiger partial charge in [0.25, 0.3) is 0 Å². The van der Waals surface area contributed by atoms with Crippen molar-refractivity contribution in [2.75, 3.05) is 13.1 Å². The van der Waals surface area contributed by atoms with Crippen LogP contribution in [0.1, 0.15) is 24.5 Å². The maximum absolute atomic E-state index is 13.0. The molecular formula is C22H23NO2S. The summed E-state index contributed by atoms with van der Waals surface area (Å²) in [4.78, 5) is 0.282. The number of benzene rings is 2. The first-order valence-electron chi connectivity index (χ1n) is 8.40. The van der Waals surface area contributed by atoms with Crippen LogP contribution in [0.3, 0.4) is 0 Å². The largest absolute Gasteiger partial charge is 0.243 e. The topological polar surface area (TPSA) is 37.4 Å². The fourth-order valence-corrected chi connectivity index (χ4v) is 3.62. The summed E-state index contributed by atoms with van der Waals surface area (Å²) in [7, 11) is -3.61. The summed E-state index contributed by atoms with van der Waals surface area (Å²) < 4.78 is 27.4. The molecule has 0 radical (unpaired) electrons. The Kier molecular flexibility index (Phi) is 7.00. The van der Waals surface area contributed by atoms with Crippen molar-refractivity contribution in [3.05, 3.63) is 83.6 Å². The van der Waals surface area contributed by atoms with Crippen LogP contribution in [0.4, 0.5) is 0 Å². The minimum Gasteiger partial charge on any atom is -0.207 e. The average Bonchev–Trinajstić information content (AvgIpc) is 2.65. The van der Waals surface area contributed by atoms with Crippen molar-refractivity contribution in [3.63, 3.8) is 0 Å². The van der Waals surface area contributed by atoms with Crippen molar-refractivity contribution in [3.8, 4) is 11.8 Å². The highest BCUT2D eigenvalue weighted by atomic mass is 32.2. The van der Waals surface area contributed by atoms with E-state index in [4.69, 9.17) is 0 Å². The standard InChI is InChI=1S/C22H23NO2S/c1-4-19(2)16-18-23(17-8-11-21-9-6-5-7-10-21)26(24,25)22-14-12-20(3)13-15-22/h5-7,9-10,12-15H,1,16-18H2,2-3H3. The first-order valence-corrected chi connectivity index (χ1v) is 9.84. The van der Waals surface area contributed by atoms with E-state index >= 15 is 0 Å². The zero-order chi connectivity index (χ0) is 19.0. The van der Waals surface area contributed by atoms with Crippen molar-refractivity contribution in [1.82, 2.24) is 4.31 Å². The summed E-state index contributed by atoms with van der Waals surface area (Å²) >= 11 is 0. The Morgan fingerprint density at radius 1 is 1.08 bits per heavy atom. The molecule has 0 atom stereocenters. The van der Waals surface area contributed by atoms with Crippen LogP contribution in [0.2, 0.25) is 0 Å². The number of aryl methyl sites for hydroxylation is 1. The van der Waals surface area contributed by atoms with Crippen LogP contribution >= 0.6 is 0 Å². The highest BCUT2D eigenvalue weighted by Crippen LogP contribution is 2.17. The first kappa shape index (κ1) is 19.8. The lowest BCUT2D eigenvalue weighted by Crippen LogP contribution is -2.32. The fraction of sp³-hybridized carbons (Fsp3) is 0.227. The van der Waals surface area contributed by atoms with Gasteiger partial charge in [0.2, 0.25) is 10.0 Å². The van der Waals surface area contributed by atoms with Crippen LogP contribution in [0.15, 0.2) is 77.4 Å². The molecule has 0 N–H and O–H groups in total. The molecule has 0 amide bonds. The third-order valence-corrected chi connectivity index (χ3v) is 5.82. The molecule has 0 aromatic heterocycles. The van der Waals surface area contributed by atoms with E-state index in [1.165, 1.54) is 4.31 Å². The van der Waals surface area contributed by atoms with E-state index in [0.717, 1.165) is 16.7 Å². The van der Waals surface area contributed by atoms with E-state index in [-0.39, 0.29) is 11.4 Å². The van der Waals surface area contributed by atoms with Gasteiger partial charge in [-0.05, 0) is 50.1 Å². The lowest BCUT2D eigenvalue weighted by Gasteiger charge is -2.20. The Bertz CT molecular complexity index is 943. The van der Waals surface area contributed by atoms with Crippen molar-refractivity contribution < 1.29 is 8.42 Å². The lowest BCUT2D eigenvalue weighted by atomic mass is 10.2. The molecule has 2 aromatic rings. The van der Waals surface area contributed by atoms with Crippen LogP contribution < -0.4 is 0 Å². The van der Waals surface area contributed by atoms with Gasteiger partial charge in [-0.3, -0.25) is 0 Å². The molecular weight excluding hydrogens is 342 g/mol. The van der Waals surface area contributed by atoms with Gasteiger partial charge in [0, 0.05) is 12.1 Å². The molecule has 0 aliphatic heterocycles. The van der Waals surface area contributed by atoms with Crippen molar-refractivity contribution in [2.45, 2.75) is 25.2 Å². The summed E-state index contributed by atoms with van der Waals surface area (Å²) in [6.45, 7) is 7.90. The number of hydrogen-bond donors (Lipinski definition) is 0. The molecule has 0 fully saturated rings. The maximum atomic E-state index is 13.0. The van der Waals surface area contributed by atoms with Gasteiger partial charge in [-0.2, -0.15) is 4.31 Å². The second-order valence-corrected chi connectivity index (χ2v) is 7.96. The van der Waals surface area contributed by atoms with Gasteiger partial charge in [0.1, 0.15) is 0 Å². The molecule has 4 heteroatoms. The number of nitrogens with zero attached hydrogens (tertiary/aromatic N) is 1. The number of sulfonamides is 1. The highest BCUT2D eigenvalue weighted by molar-refractivity contribution is 7.89. The molecule has 0 bridgehead atoms. The van der Waals surface area contributed by atoms with Gasteiger partial charge in [-0.25, -0.2) is 8.42 Å². The summed E-state index contributed by atoms with van der Waals surface area (Å²) in [5.74, 6) is 6.00. The molecule has 134 valence electrons. The summed E-state index contributed by atoms with van der Waals surface area (Å²) in [6, 6.07) is 16.4. The quantitative estimate of drug-likeness (QED) is 0.569. The molecule has 3 nitrogen and oxygen atoms in total. The molecule has 2 aromatic carbocycles. The van der Waals surface area contributed by atoms with E-state index in [2.05, 4.69) is 24.2 Å². The molecule has 0 unspecified atom stereocenters. The van der Waals surface area contributed by atoms with Crippen LogP contribution in [0, 0.1) is 18.8 Å². The Morgan fingerprint density at radius 2 is 1.73 bits per heavy atom.